The van der Waals surface area contributed by atoms with Crippen molar-refractivity contribution in [1.29, 1.82) is 0 Å². The minimum Gasteiger partial charge on any atom is -0.355 e. The molecule has 0 radical (unpaired) electrons. The number of carbonyl (C=O) groups is 1. The largest absolute Gasteiger partial charge is 0.355 e. The van der Waals surface area contributed by atoms with Crippen molar-refractivity contribution in [3.8, 4) is 0 Å². The predicted molar refractivity (Wildman–Crippen MR) is 133 cm³/mol. The third kappa shape index (κ3) is 5.38. The van der Waals surface area contributed by atoms with E-state index < -0.39 is 0 Å². The highest BCUT2D eigenvalue weighted by Crippen LogP contribution is 2.23. The molecule has 0 bridgehead atoms. The smallest absolute Gasteiger partial charge is 0.223 e. The number of piperidine rings is 2. The Bertz CT molecular complexity index is 1080. The Balaban J connectivity index is 1.01. The molecule has 0 unspecified atom stereocenters. The number of aryl methyl sites for hydroxylation is 1. The van der Waals surface area contributed by atoms with Crippen LogP contribution in [0.15, 0.2) is 42.5 Å². The number of aromatic nitrogens is 4. The summed E-state index contributed by atoms with van der Waals surface area (Å²) in [4.78, 5) is 17.5. The van der Waals surface area contributed by atoms with E-state index in [-0.39, 0.29) is 11.8 Å². The van der Waals surface area contributed by atoms with E-state index in [0.29, 0.717) is 0 Å². The Morgan fingerprint density at radius 2 is 1.74 bits per heavy atom. The fourth-order valence-corrected chi connectivity index (χ4v) is 5.27. The van der Waals surface area contributed by atoms with Gasteiger partial charge in [-0.25, -0.2) is 0 Å². The zero-order valence-electron chi connectivity index (χ0n) is 20.1. The molecule has 2 fully saturated rings. The topological polar surface area (TPSA) is 78.7 Å². The quantitative estimate of drug-likeness (QED) is 0.583. The van der Waals surface area contributed by atoms with Crippen molar-refractivity contribution in [1.82, 2.24) is 30.0 Å². The highest BCUT2D eigenvalue weighted by atomic mass is 16.1. The molecule has 1 aromatic carbocycles. The first-order chi connectivity index (χ1) is 16.7. The first kappa shape index (κ1) is 22.8. The van der Waals surface area contributed by atoms with Gasteiger partial charge in [0.1, 0.15) is 5.82 Å². The van der Waals surface area contributed by atoms with Gasteiger partial charge in [0.2, 0.25) is 5.91 Å². The van der Waals surface area contributed by atoms with E-state index in [1.54, 1.807) is 4.52 Å². The van der Waals surface area contributed by atoms with Crippen molar-refractivity contribution in [2.75, 3.05) is 44.2 Å². The lowest BCUT2D eigenvalue weighted by Crippen LogP contribution is -2.44. The molecule has 8 nitrogen and oxygen atoms in total. The molecule has 3 aromatic rings. The van der Waals surface area contributed by atoms with E-state index in [4.69, 9.17) is 0 Å². The average Bonchev–Trinajstić information content (AvgIpc) is 3.26. The first-order valence-electron chi connectivity index (χ1n) is 12.6. The van der Waals surface area contributed by atoms with E-state index >= 15 is 0 Å². The Labute approximate surface area is 201 Å². The molecule has 180 valence electrons. The second kappa shape index (κ2) is 10.5. The summed E-state index contributed by atoms with van der Waals surface area (Å²) in [7, 11) is 0. The van der Waals surface area contributed by atoms with E-state index in [2.05, 4.69) is 60.7 Å². The zero-order valence-corrected chi connectivity index (χ0v) is 20.1. The van der Waals surface area contributed by atoms with Crippen molar-refractivity contribution in [2.24, 2.45) is 11.8 Å². The summed E-state index contributed by atoms with van der Waals surface area (Å²) in [5, 5.41) is 16.0. The van der Waals surface area contributed by atoms with Gasteiger partial charge >= 0.3 is 0 Å². The Hall–Kier alpha value is -3.00. The van der Waals surface area contributed by atoms with Gasteiger partial charge in [0, 0.05) is 32.1 Å². The van der Waals surface area contributed by atoms with Crippen molar-refractivity contribution < 1.29 is 4.79 Å². The van der Waals surface area contributed by atoms with E-state index in [1.165, 1.54) is 24.8 Å². The SMILES string of the molecule is Cc1nnc2ccc(N3CCC(C(=O)NCCN4CCC(Cc5ccccc5)CC4)CC3)nn12. The molecular weight excluding hydrogens is 426 g/mol. The molecule has 1 amide bonds. The van der Waals surface area contributed by atoms with Crippen molar-refractivity contribution in [3.05, 3.63) is 53.9 Å². The highest BCUT2D eigenvalue weighted by Gasteiger charge is 2.26. The van der Waals surface area contributed by atoms with Gasteiger partial charge < -0.3 is 15.1 Å². The van der Waals surface area contributed by atoms with Crippen LogP contribution in [-0.2, 0) is 11.2 Å². The van der Waals surface area contributed by atoms with E-state index in [0.717, 1.165) is 75.3 Å². The number of likely N-dealkylation sites (tertiary alicyclic amines) is 1. The van der Waals surface area contributed by atoms with Crippen LogP contribution >= 0.6 is 0 Å². The summed E-state index contributed by atoms with van der Waals surface area (Å²) in [5.74, 6) is 2.78. The number of benzene rings is 1. The number of fused-ring (bicyclic) bond motifs is 1. The monoisotopic (exact) mass is 461 g/mol. The lowest BCUT2D eigenvalue weighted by atomic mass is 9.90. The molecule has 4 heterocycles. The molecule has 8 heteroatoms. The fraction of sp³-hybridized carbons (Fsp3) is 0.538. The highest BCUT2D eigenvalue weighted by molar-refractivity contribution is 5.79. The lowest BCUT2D eigenvalue weighted by molar-refractivity contribution is -0.125. The van der Waals surface area contributed by atoms with Crippen LogP contribution < -0.4 is 10.2 Å². The Kier molecular flexibility index (Phi) is 7.04. The number of hydrogen-bond donors (Lipinski definition) is 1. The second-order valence-electron chi connectivity index (χ2n) is 9.74. The van der Waals surface area contributed by atoms with Crippen molar-refractivity contribution in [2.45, 2.75) is 39.0 Å². The van der Waals surface area contributed by atoms with Crippen molar-refractivity contribution >= 4 is 17.4 Å². The Morgan fingerprint density at radius 1 is 0.971 bits per heavy atom. The number of nitrogens with one attached hydrogen (secondary N) is 1. The third-order valence-electron chi connectivity index (χ3n) is 7.40. The van der Waals surface area contributed by atoms with Gasteiger partial charge in [0.05, 0.1) is 0 Å². The average molecular weight is 462 g/mol. The number of amides is 1. The lowest BCUT2D eigenvalue weighted by Gasteiger charge is -2.33. The van der Waals surface area contributed by atoms with Crippen molar-refractivity contribution in [3.63, 3.8) is 0 Å². The molecular formula is C26H35N7O. The van der Waals surface area contributed by atoms with Crippen LogP contribution in [0, 0.1) is 18.8 Å². The summed E-state index contributed by atoms with van der Waals surface area (Å²) >= 11 is 0. The van der Waals surface area contributed by atoms with Gasteiger partial charge in [0.25, 0.3) is 0 Å². The first-order valence-corrected chi connectivity index (χ1v) is 12.6. The Morgan fingerprint density at radius 3 is 2.50 bits per heavy atom. The molecule has 1 N–H and O–H groups in total. The van der Waals surface area contributed by atoms with Crippen LogP contribution in [0.1, 0.15) is 37.1 Å². The molecule has 0 aliphatic carbocycles. The summed E-state index contributed by atoms with van der Waals surface area (Å²) < 4.78 is 1.78. The van der Waals surface area contributed by atoms with Gasteiger partial charge in [-0.1, -0.05) is 30.3 Å². The van der Waals surface area contributed by atoms with E-state index in [1.807, 2.05) is 19.1 Å². The van der Waals surface area contributed by atoms with Crippen LogP contribution in [-0.4, -0.2) is 69.9 Å². The number of anilines is 1. The molecule has 2 saturated heterocycles. The molecule has 0 atom stereocenters. The molecule has 0 spiro atoms. The third-order valence-corrected chi connectivity index (χ3v) is 7.40. The van der Waals surface area contributed by atoms with Crippen LogP contribution in [0.25, 0.3) is 5.65 Å². The fourth-order valence-electron chi connectivity index (χ4n) is 5.27. The molecule has 5 rings (SSSR count). The van der Waals surface area contributed by atoms with Gasteiger partial charge in [-0.05, 0) is 75.7 Å². The van der Waals surface area contributed by atoms with Crippen LogP contribution in [0.3, 0.4) is 0 Å². The normalized spacial score (nSPS) is 18.4. The zero-order chi connectivity index (χ0) is 23.3. The number of hydrogen-bond acceptors (Lipinski definition) is 6. The number of rotatable bonds is 7. The van der Waals surface area contributed by atoms with Crippen LogP contribution in [0.4, 0.5) is 5.82 Å². The summed E-state index contributed by atoms with van der Waals surface area (Å²) in [6.45, 7) is 7.54. The van der Waals surface area contributed by atoms with Gasteiger partial charge in [-0.3, -0.25) is 4.79 Å². The molecule has 2 aliphatic rings. The summed E-state index contributed by atoms with van der Waals surface area (Å²) in [6, 6.07) is 14.8. The molecule has 0 saturated carbocycles. The van der Waals surface area contributed by atoms with Crippen LogP contribution in [0.5, 0.6) is 0 Å². The number of nitrogens with zero attached hydrogens (tertiary/aromatic N) is 6. The molecule has 2 aliphatic heterocycles. The van der Waals surface area contributed by atoms with Gasteiger partial charge in [-0.15, -0.1) is 15.3 Å². The molecule has 34 heavy (non-hydrogen) atoms. The minimum atomic E-state index is 0.0910. The maximum atomic E-state index is 12.7. The summed E-state index contributed by atoms with van der Waals surface area (Å²) in [5.41, 5.74) is 2.21. The van der Waals surface area contributed by atoms with Crippen LogP contribution in [0.2, 0.25) is 0 Å². The van der Waals surface area contributed by atoms with Gasteiger partial charge in [-0.2, -0.15) is 4.52 Å². The predicted octanol–water partition coefficient (Wildman–Crippen LogP) is 2.72. The molecule has 2 aromatic heterocycles. The summed E-state index contributed by atoms with van der Waals surface area (Å²) in [6.07, 6.45) is 5.40. The van der Waals surface area contributed by atoms with Gasteiger partial charge in [0.15, 0.2) is 11.5 Å². The standard InChI is InChI=1S/C26H35N7O/c1-20-28-29-24-7-8-25(30-33(20)24)32-16-11-23(12-17-32)26(34)27-13-18-31-14-9-22(10-15-31)19-21-5-3-2-4-6-21/h2-8,22-23H,9-19H2,1H3,(H,27,34). The van der Waals surface area contributed by atoms with E-state index in [9.17, 15) is 4.79 Å². The number of carbonyl (C=O) groups excluding carboxylic acids is 1. The second-order valence-corrected chi connectivity index (χ2v) is 9.74. The maximum absolute atomic E-state index is 12.7. The maximum Gasteiger partial charge on any atom is 0.223 e. The minimum absolute atomic E-state index is 0.0910.